The van der Waals surface area contributed by atoms with Gasteiger partial charge in [-0.3, -0.25) is 0 Å². The first-order valence-corrected chi connectivity index (χ1v) is 7.23. The van der Waals surface area contributed by atoms with Crippen molar-refractivity contribution in [1.29, 1.82) is 0 Å². The fraction of sp³-hybridized carbons (Fsp3) is 0.263. The van der Waals surface area contributed by atoms with Crippen molar-refractivity contribution in [2.24, 2.45) is 0 Å². The maximum Gasteiger partial charge on any atom is 0.203 e. The van der Waals surface area contributed by atoms with E-state index in [0.29, 0.717) is 17.2 Å². The van der Waals surface area contributed by atoms with Gasteiger partial charge in [0.05, 0.1) is 21.3 Å². The van der Waals surface area contributed by atoms with Crippen LogP contribution in [0.25, 0.3) is 5.57 Å². The Kier molecular flexibility index (Phi) is 5.10. The average molecular weight is 298 g/mol. The highest BCUT2D eigenvalue weighted by atomic mass is 16.5. The molecule has 0 amide bonds. The number of benzene rings is 2. The maximum atomic E-state index is 5.53. The van der Waals surface area contributed by atoms with Gasteiger partial charge < -0.3 is 14.2 Å². The van der Waals surface area contributed by atoms with Crippen molar-refractivity contribution in [2.75, 3.05) is 21.3 Å². The molecule has 0 spiro atoms. The molecule has 0 bridgehead atoms. The summed E-state index contributed by atoms with van der Waals surface area (Å²) in [5.41, 5.74) is 4.14. The molecule has 3 nitrogen and oxygen atoms in total. The van der Waals surface area contributed by atoms with Crippen LogP contribution in [0.15, 0.2) is 43.0 Å². The lowest BCUT2D eigenvalue weighted by Gasteiger charge is -2.17. The van der Waals surface area contributed by atoms with Crippen LogP contribution in [-0.2, 0) is 6.42 Å². The van der Waals surface area contributed by atoms with Gasteiger partial charge in [-0.2, -0.15) is 0 Å². The molecule has 3 heteroatoms. The molecule has 0 aliphatic rings. The van der Waals surface area contributed by atoms with Gasteiger partial charge in [0.25, 0.3) is 0 Å². The van der Waals surface area contributed by atoms with E-state index in [-0.39, 0.29) is 0 Å². The van der Waals surface area contributed by atoms with Crippen molar-refractivity contribution >= 4 is 5.57 Å². The second kappa shape index (κ2) is 7.03. The van der Waals surface area contributed by atoms with Crippen LogP contribution in [0.4, 0.5) is 0 Å². The van der Waals surface area contributed by atoms with Gasteiger partial charge in [-0.25, -0.2) is 0 Å². The second-order valence-corrected chi connectivity index (χ2v) is 4.91. The SMILES string of the molecule is C=C(c1ccc(CC)cc1)c1ccc(OC)c(OC)c1OC. The van der Waals surface area contributed by atoms with Crippen LogP contribution in [0.3, 0.4) is 0 Å². The number of ether oxygens (including phenoxy) is 3. The standard InChI is InChI=1S/C19H22O3/c1-6-14-7-9-15(10-8-14)13(2)16-11-12-17(20-3)19(22-5)18(16)21-4/h7-12H,2,6H2,1,3-5H3. The Morgan fingerprint density at radius 2 is 1.50 bits per heavy atom. The highest BCUT2D eigenvalue weighted by molar-refractivity contribution is 5.83. The largest absolute Gasteiger partial charge is 0.493 e. The smallest absolute Gasteiger partial charge is 0.203 e. The zero-order valence-electron chi connectivity index (χ0n) is 13.6. The number of hydrogen-bond donors (Lipinski definition) is 0. The molecule has 0 N–H and O–H groups in total. The predicted molar refractivity (Wildman–Crippen MR) is 90.1 cm³/mol. The summed E-state index contributed by atoms with van der Waals surface area (Å²) in [6.07, 6.45) is 1.02. The zero-order chi connectivity index (χ0) is 16.1. The molecule has 0 radical (unpaired) electrons. The molecular weight excluding hydrogens is 276 g/mol. The van der Waals surface area contributed by atoms with E-state index in [9.17, 15) is 0 Å². The van der Waals surface area contributed by atoms with Crippen molar-refractivity contribution in [3.05, 3.63) is 59.7 Å². The van der Waals surface area contributed by atoms with Gasteiger partial charge in [0.15, 0.2) is 11.5 Å². The summed E-state index contributed by atoms with van der Waals surface area (Å²) < 4.78 is 16.3. The minimum atomic E-state index is 0.578. The topological polar surface area (TPSA) is 27.7 Å². The summed E-state index contributed by atoms with van der Waals surface area (Å²) in [4.78, 5) is 0. The summed E-state index contributed by atoms with van der Waals surface area (Å²) in [5.74, 6) is 1.84. The van der Waals surface area contributed by atoms with Gasteiger partial charge in [-0.05, 0) is 35.3 Å². The number of methoxy groups -OCH3 is 3. The third kappa shape index (κ3) is 2.93. The van der Waals surface area contributed by atoms with Crippen molar-refractivity contribution in [1.82, 2.24) is 0 Å². The molecule has 116 valence electrons. The molecule has 2 aromatic rings. The zero-order valence-corrected chi connectivity index (χ0v) is 13.6. The summed E-state index contributed by atoms with van der Waals surface area (Å²) in [5, 5.41) is 0. The average Bonchev–Trinajstić information content (AvgIpc) is 2.59. The van der Waals surface area contributed by atoms with E-state index in [2.05, 4.69) is 37.8 Å². The van der Waals surface area contributed by atoms with Crippen LogP contribution in [-0.4, -0.2) is 21.3 Å². The lowest BCUT2D eigenvalue weighted by molar-refractivity contribution is 0.324. The van der Waals surface area contributed by atoms with Gasteiger partial charge in [-0.1, -0.05) is 37.8 Å². The molecule has 0 unspecified atom stereocenters. The normalized spacial score (nSPS) is 10.2. The van der Waals surface area contributed by atoms with Crippen LogP contribution in [0, 0.1) is 0 Å². The first-order chi connectivity index (χ1) is 10.7. The van der Waals surface area contributed by atoms with Crippen LogP contribution in [0.2, 0.25) is 0 Å². The van der Waals surface area contributed by atoms with Crippen LogP contribution in [0.1, 0.15) is 23.6 Å². The van der Waals surface area contributed by atoms with E-state index < -0.39 is 0 Å². The quantitative estimate of drug-likeness (QED) is 0.794. The van der Waals surface area contributed by atoms with Crippen molar-refractivity contribution in [2.45, 2.75) is 13.3 Å². The summed E-state index contributed by atoms with van der Waals surface area (Å²) in [7, 11) is 4.83. The Balaban J connectivity index is 2.48. The summed E-state index contributed by atoms with van der Waals surface area (Å²) >= 11 is 0. The van der Waals surface area contributed by atoms with Crippen molar-refractivity contribution in [3.63, 3.8) is 0 Å². The second-order valence-electron chi connectivity index (χ2n) is 4.91. The Labute approximate surface area is 132 Å². The fourth-order valence-corrected chi connectivity index (χ4v) is 2.44. The van der Waals surface area contributed by atoms with Crippen molar-refractivity contribution in [3.8, 4) is 17.2 Å². The molecule has 2 aromatic carbocycles. The monoisotopic (exact) mass is 298 g/mol. The van der Waals surface area contributed by atoms with E-state index in [1.54, 1.807) is 21.3 Å². The molecule has 2 rings (SSSR count). The molecule has 22 heavy (non-hydrogen) atoms. The molecule has 0 aromatic heterocycles. The lowest BCUT2D eigenvalue weighted by Crippen LogP contribution is -1.99. The minimum Gasteiger partial charge on any atom is -0.493 e. The molecule has 0 heterocycles. The third-order valence-corrected chi connectivity index (χ3v) is 3.74. The van der Waals surface area contributed by atoms with Crippen LogP contribution in [0.5, 0.6) is 17.2 Å². The number of aryl methyl sites for hydroxylation is 1. The van der Waals surface area contributed by atoms with E-state index in [4.69, 9.17) is 14.2 Å². The molecule has 0 saturated heterocycles. The first kappa shape index (κ1) is 16.0. The molecule has 0 fully saturated rings. The molecule has 0 atom stereocenters. The first-order valence-electron chi connectivity index (χ1n) is 7.23. The van der Waals surface area contributed by atoms with Gasteiger partial charge >= 0.3 is 0 Å². The molecule has 0 saturated carbocycles. The van der Waals surface area contributed by atoms with Gasteiger partial charge in [0.1, 0.15) is 0 Å². The Hall–Kier alpha value is -2.42. The van der Waals surface area contributed by atoms with Gasteiger partial charge in [0.2, 0.25) is 5.75 Å². The van der Waals surface area contributed by atoms with E-state index >= 15 is 0 Å². The minimum absolute atomic E-state index is 0.578. The third-order valence-electron chi connectivity index (χ3n) is 3.74. The Bertz CT molecular complexity index is 657. The lowest BCUT2D eigenvalue weighted by atomic mass is 9.97. The highest BCUT2D eigenvalue weighted by Gasteiger charge is 2.18. The predicted octanol–water partition coefficient (Wildman–Crippen LogP) is 4.34. The van der Waals surface area contributed by atoms with Gasteiger partial charge in [0, 0.05) is 5.56 Å². The van der Waals surface area contributed by atoms with E-state index in [1.807, 2.05) is 12.1 Å². The van der Waals surface area contributed by atoms with E-state index in [0.717, 1.165) is 23.1 Å². The molecule has 0 aliphatic heterocycles. The Morgan fingerprint density at radius 3 is 2.00 bits per heavy atom. The summed E-state index contributed by atoms with van der Waals surface area (Å²) in [6, 6.07) is 12.2. The fourth-order valence-electron chi connectivity index (χ4n) is 2.44. The number of hydrogen-bond acceptors (Lipinski definition) is 3. The molecule has 0 aliphatic carbocycles. The van der Waals surface area contributed by atoms with Crippen molar-refractivity contribution < 1.29 is 14.2 Å². The van der Waals surface area contributed by atoms with Crippen LogP contribution >= 0.6 is 0 Å². The molecular formula is C19H22O3. The highest BCUT2D eigenvalue weighted by Crippen LogP contribution is 2.43. The van der Waals surface area contributed by atoms with Crippen LogP contribution < -0.4 is 14.2 Å². The van der Waals surface area contributed by atoms with Gasteiger partial charge in [-0.15, -0.1) is 0 Å². The number of rotatable bonds is 6. The summed E-state index contributed by atoms with van der Waals surface area (Å²) in [6.45, 7) is 6.35. The Morgan fingerprint density at radius 1 is 0.864 bits per heavy atom. The maximum absolute atomic E-state index is 5.53. The van der Waals surface area contributed by atoms with E-state index in [1.165, 1.54) is 5.56 Å².